The number of benzene rings is 2. The molecule has 4 fully saturated rings. The summed E-state index contributed by atoms with van der Waals surface area (Å²) in [5, 5.41) is 10.9. The van der Waals surface area contributed by atoms with Crippen molar-refractivity contribution in [3.8, 4) is 5.75 Å². The highest BCUT2D eigenvalue weighted by Gasteiger charge is 2.46. The van der Waals surface area contributed by atoms with Gasteiger partial charge in [0.15, 0.2) is 0 Å². The van der Waals surface area contributed by atoms with E-state index in [0.29, 0.717) is 56.5 Å². The van der Waals surface area contributed by atoms with Crippen LogP contribution in [0.25, 0.3) is 0 Å². The fourth-order valence-electron chi connectivity index (χ4n) is 8.07. The summed E-state index contributed by atoms with van der Waals surface area (Å²) in [5.41, 5.74) is 1.14. The van der Waals surface area contributed by atoms with E-state index in [4.69, 9.17) is 9.47 Å². The minimum absolute atomic E-state index is 0.0524. The van der Waals surface area contributed by atoms with Crippen LogP contribution >= 0.6 is 0 Å². The van der Waals surface area contributed by atoms with Gasteiger partial charge in [-0.05, 0) is 69.1 Å². The Morgan fingerprint density at radius 1 is 0.857 bits per heavy atom. The Bertz CT molecular complexity index is 1810. The average molecular weight is 774 g/mol. The van der Waals surface area contributed by atoms with Gasteiger partial charge in [0.2, 0.25) is 29.5 Å². The first-order valence-electron chi connectivity index (χ1n) is 19.4. The molecule has 16 heteroatoms. The summed E-state index contributed by atoms with van der Waals surface area (Å²) in [6, 6.07) is 8.67. The quantitative estimate of drug-likeness (QED) is 0.302. The number of fused-ring (bicyclic) bond motifs is 3. The van der Waals surface area contributed by atoms with Crippen LogP contribution in [0.5, 0.6) is 5.75 Å². The van der Waals surface area contributed by atoms with Gasteiger partial charge in [0.05, 0.1) is 7.11 Å². The summed E-state index contributed by atoms with van der Waals surface area (Å²) < 4.78 is 11.0. The zero-order valence-electron chi connectivity index (χ0n) is 32.0. The lowest BCUT2D eigenvalue weighted by Crippen LogP contribution is -2.62. The van der Waals surface area contributed by atoms with Crippen molar-refractivity contribution in [3.05, 3.63) is 60.2 Å². The van der Waals surface area contributed by atoms with E-state index in [2.05, 4.69) is 21.3 Å². The number of piperidine rings is 1. The summed E-state index contributed by atoms with van der Waals surface area (Å²) in [6.45, 7) is 3.64. The van der Waals surface area contributed by atoms with Crippen LogP contribution in [0.4, 0.5) is 10.5 Å². The number of cyclic esters (lactones) is 1. The molecule has 0 aromatic heterocycles. The van der Waals surface area contributed by atoms with Crippen LogP contribution < -0.4 is 26.0 Å². The monoisotopic (exact) mass is 773 g/mol. The summed E-state index contributed by atoms with van der Waals surface area (Å²) in [5.74, 6) is -2.99. The highest BCUT2D eigenvalue weighted by atomic mass is 16.5. The maximum atomic E-state index is 14.5. The molecule has 0 saturated carbocycles. The lowest BCUT2D eigenvalue weighted by Gasteiger charge is -2.39. The maximum Gasteiger partial charge on any atom is 0.328 e. The number of hydrogen-bond donors (Lipinski definition) is 4. The van der Waals surface area contributed by atoms with Crippen molar-refractivity contribution in [3.63, 3.8) is 0 Å². The van der Waals surface area contributed by atoms with Gasteiger partial charge in [0.25, 0.3) is 0 Å². The van der Waals surface area contributed by atoms with Gasteiger partial charge in [-0.25, -0.2) is 9.59 Å². The van der Waals surface area contributed by atoms with Gasteiger partial charge in [-0.1, -0.05) is 43.3 Å². The summed E-state index contributed by atoms with van der Waals surface area (Å²) in [4.78, 5) is 102. The average Bonchev–Trinajstić information content (AvgIpc) is 3.85. The molecule has 7 atom stereocenters. The molecular formula is C40H51N7O9. The predicted octanol–water partition coefficient (Wildman–Crippen LogP) is 1.58. The number of hydrogen-bond acceptors (Lipinski definition) is 9. The topological polar surface area (TPSA) is 196 Å². The van der Waals surface area contributed by atoms with Crippen LogP contribution in [-0.4, -0.2) is 126 Å². The van der Waals surface area contributed by atoms with E-state index in [1.165, 1.54) is 21.8 Å². The molecule has 4 saturated heterocycles. The van der Waals surface area contributed by atoms with Crippen LogP contribution in [0, 0.1) is 5.92 Å². The molecule has 2 aromatic rings. The second-order valence-corrected chi connectivity index (χ2v) is 15.1. The van der Waals surface area contributed by atoms with Gasteiger partial charge in [0, 0.05) is 37.8 Å². The van der Waals surface area contributed by atoms with Gasteiger partial charge in [0.1, 0.15) is 48.6 Å². The van der Waals surface area contributed by atoms with Gasteiger partial charge >= 0.3 is 12.0 Å². The summed E-state index contributed by atoms with van der Waals surface area (Å²) in [7, 11) is 1.50. The van der Waals surface area contributed by atoms with E-state index < -0.39 is 84.4 Å². The Balaban J connectivity index is 1.29. The number of nitrogens with zero attached hydrogens (tertiary/aromatic N) is 3. The molecule has 0 aliphatic carbocycles. The maximum absolute atomic E-state index is 14.5. The third-order valence-electron chi connectivity index (χ3n) is 10.9. The van der Waals surface area contributed by atoms with E-state index in [1.807, 2.05) is 13.0 Å². The largest absolute Gasteiger partial charge is 0.497 e. The number of carbonyl (C=O) groups excluding carboxylic acids is 7. The molecule has 4 aliphatic rings. The summed E-state index contributed by atoms with van der Waals surface area (Å²) >= 11 is 0. The first-order valence-corrected chi connectivity index (χ1v) is 19.4. The van der Waals surface area contributed by atoms with E-state index in [0.717, 1.165) is 5.56 Å². The van der Waals surface area contributed by atoms with Crippen molar-refractivity contribution >= 4 is 47.2 Å². The number of ether oxygens (including phenoxy) is 2. The van der Waals surface area contributed by atoms with Crippen LogP contribution in [0.1, 0.15) is 57.9 Å². The molecule has 0 unspecified atom stereocenters. The number of nitrogens with one attached hydrogen (secondary N) is 4. The number of anilines is 1. The fraction of sp³-hybridized carbons (Fsp3) is 0.525. The third kappa shape index (κ3) is 9.23. The Hall–Kier alpha value is -5.67. The molecule has 0 spiro atoms. The van der Waals surface area contributed by atoms with Crippen LogP contribution in [0.15, 0.2) is 54.6 Å². The van der Waals surface area contributed by atoms with E-state index >= 15 is 0 Å². The molecule has 0 radical (unpaired) electrons. The standard InChI is InChI=1S/C40H51N7O9/c1-24-19-33-39(53)56-23-30(43-34(48)29(20-26-11-5-4-6-12-26)44-40(54)42-27-13-9-14-28(21-27)55-3)37(51)46-18-10-16-32(46)38(52)45-17-8-7-15-31(45)35(49)41-25(2)36(50)47(33)22-24/h4-6,9,11-14,21,24-25,29-33H,7-8,10,15-20,22-23H2,1-3H3,(H,41,49)(H,43,48)(H2,42,44,54)/t24-,25-,29-,30-,31-,32-,33-/m0/s1. The molecule has 6 rings (SSSR count). The van der Waals surface area contributed by atoms with E-state index in [-0.39, 0.29) is 25.4 Å². The molecule has 16 nitrogen and oxygen atoms in total. The summed E-state index contributed by atoms with van der Waals surface area (Å²) in [6.07, 6.45) is 2.97. The number of methoxy groups -OCH3 is 1. The minimum Gasteiger partial charge on any atom is -0.497 e. The number of carbonyl (C=O) groups is 7. The Morgan fingerprint density at radius 2 is 1.59 bits per heavy atom. The Labute approximate surface area is 326 Å². The molecule has 4 N–H and O–H groups in total. The number of esters is 1. The van der Waals surface area contributed by atoms with Crippen molar-refractivity contribution < 1.29 is 43.0 Å². The minimum atomic E-state index is -1.45. The van der Waals surface area contributed by atoms with Crippen molar-refractivity contribution in [1.29, 1.82) is 0 Å². The van der Waals surface area contributed by atoms with Crippen molar-refractivity contribution in [1.82, 2.24) is 30.7 Å². The normalized spacial score (nSPS) is 26.6. The third-order valence-corrected chi connectivity index (χ3v) is 10.9. The van der Waals surface area contributed by atoms with Crippen LogP contribution in [-0.2, 0) is 39.9 Å². The van der Waals surface area contributed by atoms with E-state index in [1.54, 1.807) is 55.5 Å². The number of amides is 7. The molecule has 300 valence electrons. The molecule has 56 heavy (non-hydrogen) atoms. The van der Waals surface area contributed by atoms with Crippen LogP contribution in [0.3, 0.4) is 0 Å². The molecule has 7 amide bonds. The molecule has 4 aliphatic heterocycles. The SMILES string of the molecule is COc1cccc(NC(=O)N[C@@H](Cc2ccccc2)C(=O)N[C@H]2COC(=O)[C@@H]3C[C@H](C)CN3C(=O)[C@H](C)NC(=O)[C@@H]3CCCCN3C(=O)[C@@H]3CCCN3C2=O)c1. The highest BCUT2D eigenvalue weighted by Crippen LogP contribution is 2.28. The van der Waals surface area contributed by atoms with Gasteiger partial charge < -0.3 is 45.4 Å². The zero-order valence-corrected chi connectivity index (χ0v) is 32.0. The second kappa shape index (κ2) is 17.9. The lowest BCUT2D eigenvalue weighted by atomic mass is 9.99. The molecule has 2 aromatic carbocycles. The van der Waals surface area contributed by atoms with Crippen molar-refractivity contribution in [2.75, 3.05) is 38.7 Å². The first kappa shape index (κ1) is 40.0. The van der Waals surface area contributed by atoms with Gasteiger partial charge in [-0.3, -0.25) is 24.0 Å². The zero-order chi connectivity index (χ0) is 39.9. The van der Waals surface area contributed by atoms with Crippen molar-refractivity contribution in [2.24, 2.45) is 5.92 Å². The predicted molar refractivity (Wildman–Crippen MR) is 203 cm³/mol. The van der Waals surface area contributed by atoms with Crippen LogP contribution in [0.2, 0.25) is 0 Å². The fourth-order valence-corrected chi connectivity index (χ4v) is 8.07. The smallest absolute Gasteiger partial charge is 0.328 e. The first-order chi connectivity index (χ1) is 26.9. The Kier molecular flexibility index (Phi) is 12.8. The molecule has 4 heterocycles. The number of rotatable bonds is 7. The van der Waals surface area contributed by atoms with Gasteiger partial charge in [-0.2, -0.15) is 0 Å². The lowest BCUT2D eigenvalue weighted by molar-refractivity contribution is -0.158. The molecule has 0 bridgehead atoms. The molecular weight excluding hydrogens is 722 g/mol. The van der Waals surface area contributed by atoms with E-state index in [9.17, 15) is 33.6 Å². The number of urea groups is 1. The Morgan fingerprint density at radius 3 is 2.36 bits per heavy atom. The second-order valence-electron chi connectivity index (χ2n) is 15.1. The van der Waals surface area contributed by atoms with Gasteiger partial charge in [-0.15, -0.1) is 0 Å². The van der Waals surface area contributed by atoms with Crippen molar-refractivity contribution in [2.45, 2.75) is 95.0 Å². The highest BCUT2D eigenvalue weighted by molar-refractivity contribution is 5.98.